The molecule has 0 saturated heterocycles. The normalized spacial score (nSPS) is 12.2. The minimum Gasteiger partial charge on any atom is -0.656 e. The quantitative estimate of drug-likeness (QED) is 0.302. The maximum absolute atomic E-state index is 9.24. The van der Waals surface area contributed by atoms with Crippen LogP contribution >= 0.6 is 7.92 Å². The molecule has 0 bridgehead atoms. The van der Waals surface area contributed by atoms with Gasteiger partial charge in [-0.2, -0.15) is 0 Å². The molecule has 0 spiro atoms. The molecule has 2 atom stereocenters. The minimum atomic E-state index is -0.295. The summed E-state index contributed by atoms with van der Waals surface area (Å²) in [6.45, 7) is 11.4. The van der Waals surface area contributed by atoms with Crippen LogP contribution in [0.2, 0.25) is 0 Å². The molecule has 1 aromatic rings. The molecule has 0 aliphatic heterocycles. The fraction of sp³-hybridized carbons (Fsp3) is 0.650. The van der Waals surface area contributed by atoms with Gasteiger partial charge in [-0.15, -0.1) is 12.6 Å². The monoisotopic (exact) mass is 462 g/mol. The van der Waals surface area contributed by atoms with E-state index in [4.69, 9.17) is 4.74 Å². The van der Waals surface area contributed by atoms with Gasteiger partial charge in [0.05, 0.1) is 25.6 Å². The van der Waals surface area contributed by atoms with Gasteiger partial charge in [0.15, 0.2) is 0 Å². The third-order valence-electron chi connectivity index (χ3n) is 3.95. The van der Waals surface area contributed by atoms with E-state index in [1.807, 2.05) is 31.2 Å². The Balaban J connectivity index is -0.000000464. The molecule has 1 rings (SSSR count). The first kappa shape index (κ1) is 29.8. The molecule has 0 fully saturated rings. The van der Waals surface area contributed by atoms with E-state index in [-0.39, 0.29) is 47.9 Å². The molecule has 25 heavy (non-hydrogen) atoms. The van der Waals surface area contributed by atoms with Gasteiger partial charge >= 0.3 is 20.4 Å². The average molecular weight is 463 g/mol. The standard InChI is InChI=1S/C13H20NO2.C6H15P.CH3.Pd/c1-10(8-11(2)15)14-9-12-6-4-5-7-13(12)16-3;1-4-7(5-2)6-3;;/h4-7,10-11,15H,8-9H2,1-3H3;4-6H2,1-3H3;1H3;/q-1;;-1;+2/p+1. The van der Waals surface area contributed by atoms with Gasteiger partial charge in [0.25, 0.3) is 0 Å². The van der Waals surface area contributed by atoms with E-state index in [9.17, 15) is 5.11 Å². The van der Waals surface area contributed by atoms with Gasteiger partial charge in [0.2, 0.25) is 0 Å². The van der Waals surface area contributed by atoms with Crippen molar-refractivity contribution >= 4 is 7.92 Å². The number of hydrogen-bond donors (Lipinski definition) is 1. The molecule has 2 unspecified atom stereocenters. The van der Waals surface area contributed by atoms with E-state index in [1.54, 1.807) is 14.0 Å². The van der Waals surface area contributed by atoms with Crippen LogP contribution < -0.4 is 4.74 Å². The van der Waals surface area contributed by atoms with Crippen molar-refractivity contribution in [2.45, 2.75) is 59.7 Å². The second kappa shape index (κ2) is 18.8. The van der Waals surface area contributed by atoms with Gasteiger partial charge in [-0.3, -0.25) is 0 Å². The van der Waals surface area contributed by atoms with Crippen LogP contribution in [-0.2, 0) is 27.0 Å². The molecule has 150 valence electrons. The predicted octanol–water partition coefficient (Wildman–Crippen LogP) is 5.44. The maximum Gasteiger partial charge on any atom is 2.00 e. The van der Waals surface area contributed by atoms with E-state index in [2.05, 4.69) is 26.1 Å². The first-order valence-electron chi connectivity index (χ1n) is 8.78. The molecule has 0 heterocycles. The van der Waals surface area contributed by atoms with Crippen LogP contribution in [0.3, 0.4) is 0 Å². The first-order chi connectivity index (χ1) is 11.0. The molecule has 5 heteroatoms. The van der Waals surface area contributed by atoms with Crippen LogP contribution in [0.25, 0.3) is 5.32 Å². The number of para-hydroxylation sites is 1. The van der Waals surface area contributed by atoms with Crippen LogP contribution in [0.1, 0.15) is 46.6 Å². The zero-order valence-corrected chi connectivity index (χ0v) is 19.7. The van der Waals surface area contributed by atoms with Crippen LogP contribution in [-0.4, -0.2) is 42.8 Å². The fourth-order valence-electron chi connectivity index (χ4n) is 2.41. The van der Waals surface area contributed by atoms with E-state index in [1.165, 1.54) is 18.5 Å². The van der Waals surface area contributed by atoms with Gasteiger partial charge < -0.3 is 22.6 Å². The second-order valence-corrected chi connectivity index (χ2v) is 9.52. The van der Waals surface area contributed by atoms with Gasteiger partial charge in [0.1, 0.15) is 5.75 Å². The maximum atomic E-state index is 9.24. The number of benzene rings is 1. The zero-order valence-electron chi connectivity index (χ0n) is 17.1. The number of ether oxygens (including phenoxy) is 1. The van der Waals surface area contributed by atoms with Crippen molar-refractivity contribution in [2.24, 2.45) is 0 Å². The molecule has 1 aromatic carbocycles. The van der Waals surface area contributed by atoms with Crippen LogP contribution in [0, 0.1) is 7.43 Å². The van der Waals surface area contributed by atoms with Crippen LogP contribution in [0.15, 0.2) is 24.3 Å². The molecule has 0 aromatic heterocycles. The van der Waals surface area contributed by atoms with Gasteiger partial charge in [-0.1, -0.05) is 25.1 Å². The van der Waals surface area contributed by atoms with Crippen molar-refractivity contribution in [3.63, 3.8) is 0 Å². The van der Waals surface area contributed by atoms with E-state index in [0.29, 0.717) is 13.0 Å². The SMILES string of the molecule is CC[PH+](CC)CC.COc1ccccc1C[N-]C(C)CC(C)O.[CH3-].[Pd+2]. The summed E-state index contributed by atoms with van der Waals surface area (Å²) in [6.07, 6.45) is 4.78. The summed E-state index contributed by atoms with van der Waals surface area (Å²) >= 11 is 0. The van der Waals surface area contributed by atoms with E-state index < -0.39 is 0 Å². The van der Waals surface area contributed by atoms with Crippen molar-refractivity contribution in [2.75, 3.05) is 25.6 Å². The summed E-state index contributed by atoms with van der Waals surface area (Å²) in [5, 5.41) is 13.7. The smallest absolute Gasteiger partial charge is 0.656 e. The third-order valence-corrected chi connectivity index (χ3v) is 6.95. The van der Waals surface area contributed by atoms with E-state index >= 15 is 0 Å². The van der Waals surface area contributed by atoms with Crippen LogP contribution in [0.4, 0.5) is 0 Å². The Hall–Kier alpha value is 0.0323. The summed E-state index contributed by atoms with van der Waals surface area (Å²) in [5.74, 6) is 0.871. The largest absolute Gasteiger partial charge is 2.00 e. The summed E-state index contributed by atoms with van der Waals surface area (Å²) in [4.78, 5) is 0. The molecule has 0 aliphatic carbocycles. The molecule has 1 N–H and O–H groups in total. The molecular formula is C20H39NO2PPd+. The Morgan fingerprint density at radius 2 is 1.60 bits per heavy atom. The molecule has 0 amide bonds. The van der Waals surface area contributed by atoms with Crippen molar-refractivity contribution in [3.8, 4) is 5.75 Å². The molecular weight excluding hydrogens is 424 g/mol. The first-order valence-corrected chi connectivity index (χ1v) is 10.9. The summed E-state index contributed by atoms with van der Waals surface area (Å²) in [7, 11) is 1.80. The fourth-order valence-corrected chi connectivity index (χ4v) is 3.91. The van der Waals surface area contributed by atoms with Gasteiger partial charge in [0, 0.05) is 6.10 Å². The Bertz CT molecular complexity index is 396. The summed E-state index contributed by atoms with van der Waals surface area (Å²) < 4.78 is 5.25. The third kappa shape index (κ3) is 14.8. The van der Waals surface area contributed by atoms with E-state index in [0.717, 1.165) is 11.3 Å². The molecule has 3 nitrogen and oxygen atoms in total. The van der Waals surface area contributed by atoms with Crippen molar-refractivity contribution in [3.05, 3.63) is 42.6 Å². The van der Waals surface area contributed by atoms with Crippen molar-refractivity contribution < 1.29 is 30.3 Å². The van der Waals surface area contributed by atoms with Gasteiger partial charge in [-0.05, 0) is 53.7 Å². The number of hydrogen-bond acceptors (Lipinski definition) is 2. The Morgan fingerprint density at radius 3 is 2.00 bits per heavy atom. The number of aliphatic hydroxyl groups excluding tert-OH is 1. The zero-order chi connectivity index (χ0) is 17.7. The summed E-state index contributed by atoms with van der Waals surface area (Å²) in [6, 6.07) is 8.04. The van der Waals surface area contributed by atoms with Crippen LogP contribution in [0.5, 0.6) is 5.75 Å². The van der Waals surface area contributed by atoms with Crippen molar-refractivity contribution in [1.29, 1.82) is 0 Å². The van der Waals surface area contributed by atoms with Crippen molar-refractivity contribution in [1.82, 2.24) is 0 Å². The Labute approximate surface area is 171 Å². The molecule has 0 aliphatic rings. The average Bonchev–Trinajstić information content (AvgIpc) is 2.55. The number of nitrogens with zero attached hydrogens (tertiary/aromatic N) is 1. The predicted molar refractivity (Wildman–Crippen MR) is 112 cm³/mol. The number of rotatable bonds is 9. The number of aliphatic hydroxyl groups is 1. The molecule has 0 saturated carbocycles. The minimum absolute atomic E-state index is 0. The topological polar surface area (TPSA) is 43.6 Å². The number of methoxy groups -OCH3 is 1. The van der Waals surface area contributed by atoms with Gasteiger partial charge in [-0.25, -0.2) is 0 Å². The Kier molecular flexibility index (Phi) is 22.4. The summed E-state index contributed by atoms with van der Waals surface area (Å²) in [5.41, 5.74) is 1.09. The Morgan fingerprint density at radius 1 is 1.08 bits per heavy atom. The molecule has 0 radical (unpaired) electrons. The second-order valence-electron chi connectivity index (χ2n) is 5.90.